The molecular formula is C19H21FN4O2. The number of aromatic nitrogens is 3. The van der Waals surface area contributed by atoms with E-state index in [4.69, 9.17) is 9.15 Å². The lowest BCUT2D eigenvalue weighted by molar-refractivity contribution is 0.221. The molecule has 2 aromatic heterocycles. The van der Waals surface area contributed by atoms with Gasteiger partial charge in [-0.1, -0.05) is 19.1 Å². The van der Waals surface area contributed by atoms with E-state index in [1.54, 1.807) is 18.2 Å². The molecule has 136 valence electrons. The number of hydrogen-bond acceptors (Lipinski definition) is 6. The van der Waals surface area contributed by atoms with E-state index < -0.39 is 0 Å². The van der Waals surface area contributed by atoms with E-state index >= 15 is 0 Å². The van der Waals surface area contributed by atoms with Crippen molar-refractivity contribution in [3.05, 3.63) is 42.3 Å². The first-order valence-corrected chi connectivity index (χ1v) is 8.97. The van der Waals surface area contributed by atoms with E-state index in [1.807, 2.05) is 6.92 Å². The van der Waals surface area contributed by atoms with Gasteiger partial charge in [0.15, 0.2) is 28.8 Å². The molecule has 0 bridgehead atoms. The van der Waals surface area contributed by atoms with Crippen LogP contribution in [-0.4, -0.2) is 34.6 Å². The summed E-state index contributed by atoms with van der Waals surface area (Å²) in [5, 5.41) is 0. The third-order valence-corrected chi connectivity index (χ3v) is 4.65. The second-order valence-corrected chi connectivity index (χ2v) is 6.51. The van der Waals surface area contributed by atoms with Crippen molar-refractivity contribution in [2.75, 3.05) is 24.6 Å². The highest BCUT2D eigenvalue weighted by Crippen LogP contribution is 2.28. The van der Waals surface area contributed by atoms with Crippen molar-refractivity contribution in [3.63, 3.8) is 0 Å². The summed E-state index contributed by atoms with van der Waals surface area (Å²) in [7, 11) is 0. The number of fused-ring (bicyclic) bond motifs is 1. The molecule has 4 rings (SSSR count). The second kappa shape index (κ2) is 7.27. The summed E-state index contributed by atoms with van der Waals surface area (Å²) in [4.78, 5) is 15.3. The highest BCUT2D eigenvalue weighted by molar-refractivity contribution is 5.81. The van der Waals surface area contributed by atoms with Gasteiger partial charge in [-0.05, 0) is 25.0 Å². The molecule has 3 aromatic rings. The fourth-order valence-electron chi connectivity index (χ4n) is 3.33. The van der Waals surface area contributed by atoms with Crippen LogP contribution >= 0.6 is 0 Å². The van der Waals surface area contributed by atoms with Gasteiger partial charge in [0, 0.05) is 25.4 Å². The Morgan fingerprint density at radius 3 is 3.04 bits per heavy atom. The van der Waals surface area contributed by atoms with Crippen LogP contribution < -0.4 is 9.64 Å². The van der Waals surface area contributed by atoms with Crippen molar-refractivity contribution in [2.45, 2.75) is 26.2 Å². The maximum atomic E-state index is 13.7. The number of benzene rings is 1. The summed E-state index contributed by atoms with van der Waals surface area (Å²) in [5.41, 5.74) is 1.23. The normalized spacial score (nSPS) is 17.6. The van der Waals surface area contributed by atoms with Gasteiger partial charge in [0.1, 0.15) is 6.33 Å². The van der Waals surface area contributed by atoms with Gasteiger partial charge in [0.25, 0.3) is 5.71 Å². The molecule has 1 aliphatic heterocycles. The van der Waals surface area contributed by atoms with E-state index in [0.29, 0.717) is 35.4 Å². The Balaban J connectivity index is 1.48. The van der Waals surface area contributed by atoms with Crippen molar-refractivity contribution in [3.8, 4) is 5.75 Å². The van der Waals surface area contributed by atoms with Crippen LogP contribution in [0.1, 0.15) is 25.7 Å². The molecule has 0 amide bonds. The molecule has 1 saturated heterocycles. The van der Waals surface area contributed by atoms with Crippen molar-refractivity contribution < 1.29 is 13.5 Å². The third-order valence-electron chi connectivity index (χ3n) is 4.65. The zero-order valence-corrected chi connectivity index (χ0v) is 14.7. The number of piperidine rings is 1. The summed E-state index contributed by atoms with van der Waals surface area (Å²) in [5.74, 6) is 1.74. The van der Waals surface area contributed by atoms with E-state index in [-0.39, 0.29) is 5.82 Å². The lowest BCUT2D eigenvalue weighted by Gasteiger charge is -2.33. The first-order valence-electron chi connectivity index (χ1n) is 8.97. The molecule has 1 atom stereocenters. The van der Waals surface area contributed by atoms with Gasteiger partial charge in [0.2, 0.25) is 0 Å². The minimum atomic E-state index is -0.327. The Kier molecular flexibility index (Phi) is 4.69. The first kappa shape index (κ1) is 16.8. The van der Waals surface area contributed by atoms with Gasteiger partial charge in [-0.2, -0.15) is 4.98 Å². The molecule has 26 heavy (non-hydrogen) atoms. The standard InChI is InChI=1S/C19H21FN4O2/c1-2-16-23-17-18(21-12-22-19(17)26-16)24-9-5-6-13(10-24)11-25-15-8-4-3-7-14(15)20/h3-4,7-8,12-13H,2,5-6,9-11H2,1H3/t13-/m1/s1. The first-order chi connectivity index (χ1) is 12.7. The van der Waals surface area contributed by atoms with Crippen molar-refractivity contribution in [1.82, 2.24) is 15.0 Å². The molecule has 0 unspecified atom stereocenters. The Bertz CT molecular complexity index is 898. The average molecular weight is 356 g/mol. The van der Waals surface area contributed by atoms with E-state index in [9.17, 15) is 4.39 Å². The Labute approximate surface area is 151 Å². The van der Waals surface area contributed by atoms with Gasteiger partial charge >= 0.3 is 0 Å². The number of halogens is 1. The second-order valence-electron chi connectivity index (χ2n) is 6.51. The van der Waals surface area contributed by atoms with Crippen LogP contribution in [0.25, 0.3) is 11.2 Å². The number of anilines is 1. The van der Waals surface area contributed by atoms with E-state index in [2.05, 4.69) is 19.9 Å². The number of para-hydroxylation sites is 1. The molecule has 0 aliphatic carbocycles. The summed E-state index contributed by atoms with van der Waals surface area (Å²) in [6.45, 7) is 4.16. The molecule has 1 fully saturated rings. The van der Waals surface area contributed by atoms with Crippen LogP contribution in [0.3, 0.4) is 0 Å². The Hall–Kier alpha value is -2.70. The minimum absolute atomic E-state index is 0.297. The Morgan fingerprint density at radius 2 is 2.19 bits per heavy atom. The number of hydrogen-bond donors (Lipinski definition) is 0. The van der Waals surface area contributed by atoms with Gasteiger partial charge < -0.3 is 14.1 Å². The molecule has 6 nitrogen and oxygen atoms in total. The van der Waals surface area contributed by atoms with Gasteiger partial charge in [-0.15, -0.1) is 0 Å². The molecule has 0 saturated carbocycles. The van der Waals surface area contributed by atoms with Gasteiger partial charge in [-0.3, -0.25) is 0 Å². The van der Waals surface area contributed by atoms with Gasteiger partial charge in [0.05, 0.1) is 6.61 Å². The fourth-order valence-corrected chi connectivity index (χ4v) is 3.33. The lowest BCUT2D eigenvalue weighted by Crippen LogP contribution is -2.38. The molecule has 3 heterocycles. The number of aryl methyl sites for hydroxylation is 1. The summed E-state index contributed by atoms with van der Waals surface area (Å²) >= 11 is 0. The van der Waals surface area contributed by atoms with Crippen LogP contribution in [0.4, 0.5) is 10.2 Å². The summed E-state index contributed by atoms with van der Waals surface area (Å²) in [6.07, 6.45) is 4.30. The van der Waals surface area contributed by atoms with E-state index in [0.717, 1.165) is 38.2 Å². The van der Waals surface area contributed by atoms with Crippen LogP contribution in [0.5, 0.6) is 5.75 Å². The summed E-state index contributed by atoms with van der Waals surface area (Å²) in [6, 6.07) is 6.51. The number of oxazole rings is 1. The Morgan fingerprint density at radius 1 is 1.31 bits per heavy atom. The number of rotatable bonds is 5. The van der Waals surface area contributed by atoms with Crippen molar-refractivity contribution in [1.29, 1.82) is 0 Å². The lowest BCUT2D eigenvalue weighted by atomic mass is 9.99. The average Bonchev–Trinajstić information content (AvgIpc) is 3.11. The zero-order valence-electron chi connectivity index (χ0n) is 14.7. The van der Waals surface area contributed by atoms with E-state index in [1.165, 1.54) is 12.4 Å². The topological polar surface area (TPSA) is 64.3 Å². The number of nitrogens with zero attached hydrogens (tertiary/aromatic N) is 4. The highest BCUT2D eigenvalue weighted by atomic mass is 19.1. The molecular weight excluding hydrogens is 335 g/mol. The zero-order chi connectivity index (χ0) is 17.9. The third kappa shape index (κ3) is 3.34. The summed E-state index contributed by atoms with van der Waals surface area (Å²) < 4.78 is 25.1. The molecule has 0 N–H and O–H groups in total. The van der Waals surface area contributed by atoms with Crippen LogP contribution in [0.2, 0.25) is 0 Å². The predicted octanol–water partition coefficient (Wildman–Crippen LogP) is 3.61. The maximum absolute atomic E-state index is 13.7. The minimum Gasteiger partial charge on any atom is -0.490 e. The van der Waals surface area contributed by atoms with Crippen LogP contribution in [-0.2, 0) is 6.42 Å². The SMILES string of the molecule is CCc1nc2c(N3CCC[C@@H](COc4ccccc4F)C3)ncnc2o1. The fraction of sp³-hybridized carbons (Fsp3) is 0.421. The van der Waals surface area contributed by atoms with Crippen LogP contribution in [0.15, 0.2) is 35.0 Å². The maximum Gasteiger partial charge on any atom is 0.252 e. The molecule has 0 radical (unpaired) electrons. The molecule has 1 aliphatic rings. The molecule has 0 spiro atoms. The smallest absolute Gasteiger partial charge is 0.252 e. The number of ether oxygens (including phenoxy) is 1. The predicted molar refractivity (Wildman–Crippen MR) is 95.8 cm³/mol. The van der Waals surface area contributed by atoms with Gasteiger partial charge in [-0.25, -0.2) is 14.4 Å². The van der Waals surface area contributed by atoms with Crippen molar-refractivity contribution in [2.24, 2.45) is 5.92 Å². The quantitative estimate of drug-likeness (QED) is 0.696. The van der Waals surface area contributed by atoms with Crippen LogP contribution in [0, 0.1) is 11.7 Å². The monoisotopic (exact) mass is 356 g/mol. The van der Waals surface area contributed by atoms with Crippen molar-refractivity contribution >= 4 is 17.0 Å². The molecule has 7 heteroatoms. The highest BCUT2D eigenvalue weighted by Gasteiger charge is 2.25. The molecule has 1 aromatic carbocycles. The largest absolute Gasteiger partial charge is 0.490 e.